The van der Waals surface area contributed by atoms with E-state index in [0.717, 1.165) is 22.4 Å². The first kappa shape index (κ1) is 19.6. The average Bonchev–Trinajstić information content (AvgIpc) is 2.94. The molecule has 5 nitrogen and oxygen atoms in total. The van der Waals surface area contributed by atoms with Crippen molar-refractivity contribution < 1.29 is 14.3 Å². The van der Waals surface area contributed by atoms with Gasteiger partial charge >= 0.3 is 5.97 Å². The van der Waals surface area contributed by atoms with Crippen LogP contribution in [0.4, 0.5) is 15.9 Å². The van der Waals surface area contributed by atoms with Crippen LogP contribution in [0.3, 0.4) is 0 Å². The van der Waals surface area contributed by atoms with Gasteiger partial charge in [0.15, 0.2) is 0 Å². The van der Waals surface area contributed by atoms with E-state index in [-0.39, 0.29) is 16.8 Å². The number of carboxylic acid groups (broad SMARTS) is 1. The highest BCUT2D eigenvalue weighted by Gasteiger charge is 2.27. The number of hydrogen-bond acceptors (Lipinski definition) is 3. The number of carboxylic acids is 1. The SMILES string of the molecule is Cc1ccc(Nc2c(-c3ccc(F)cc3)c(C(C)(C)C)nn2C)c(C(=O)O)c1. The first-order valence-corrected chi connectivity index (χ1v) is 9.02. The van der Waals surface area contributed by atoms with Crippen LogP contribution in [0.25, 0.3) is 11.1 Å². The molecule has 0 amide bonds. The fourth-order valence-electron chi connectivity index (χ4n) is 3.15. The lowest BCUT2D eigenvalue weighted by molar-refractivity contribution is 0.0698. The van der Waals surface area contributed by atoms with Gasteiger partial charge in [-0.3, -0.25) is 4.68 Å². The number of anilines is 2. The third-order valence-electron chi connectivity index (χ3n) is 4.55. The van der Waals surface area contributed by atoms with Crippen LogP contribution >= 0.6 is 0 Å². The molecule has 6 heteroatoms. The molecule has 1 aromatic heterocycles. The number of aryl methyl sites for hydroxylation is 2. The van der Waals surface area contributed by atoms with Crippen LogP contribution in [-0.4, -0.2) is 20.9 Å². The van der Waals surface area contributed by atoms with Crippen LogP contribution in [0, 0.1) is 12.7 Å². The second kappa shape index (κ2) is 7.11. The quantitative estimate of drug-likeness (QED) is 0.646. The zero-order valence-electron chi connectivity index (χ0n) is 16.7. The smallest absolute Gasteiger partial charge is 0.337 e. The maximum Gasteiger partial charge on any atom is 0.337 e. The minimum absolute atomic E-state index is 0.184. The summed E-state index contributed by atoms with van der Waals surface area (Å²) >= 11 is 0. The van der Waals surface area contributed by atoms with Gasteiger partial charge in [0.1, 0.15) is 11.6 Å². The number of nitrogens with zero attached hydrogens (tertiary/aromatic N) is 2. The molecule has 0 fully saturated rings. The molecule has 0 aliphatic carbocycles. The van der Waals surface area contributed by atoms with E-state index in [4.69, 9.17) is 0 Å². The Hall–Kier alpha value is -3.15. The van der Waals surface area contributed by atoms with Gasteiger partial charge in [-0.15, -0.1) is 0 Å². The van der Waals surface area contributed by atoms with Crippen LogP contribution in [0.5, 0.6) is 0 Å². The zero-order valence-corrected chi connectivity index (χ0v) is 16.7. The van der Waals surface area contributed by atoms with E-state index in [2.05, 4.69) is 31.2 Å². The minimum Gasteiger partial charge on any atom is -0.478 e. The molecule has 0 spiro atoms. The minimum atomic E-state index is -1.01. The van der Waals surface area contributed by atoms with Crippen molar-refractivity contribution in [3.8, 4) is 11.1 Å². The summed E-state index contributed by atoms with van der Waals surface area (Å²) in [5, 5.41) is 17.5. The van der Waals surface area contributed by atoms with Crippen molar-refractivity contribution in [2.75, 3.05) is 5.32 Å². The van der Waals surface area contributed by atoms with Crippen molar-refractivity contribution in [1.82, 2.24) is 9.78 Å². The van der Waals surface area contributed by atoms with Gasteiger partial charge in [0, 0.05) is 18.0 Å². The van der Waals surface area contributed by atoms with Gasteiger partial charge in [-0.1, -0.05) is 44.5 Å². The Kier molecular flexibility index (Phi) is 4.98. The number of nitrogens with one attached hydrogen (secondary N) is 1. The molecule has 0 saturated heterocycles. The normalized spacial score (nSPS) is 11.5. The van der Waals surface area contributed by atoms with E-state index in [1.807, 2.05) is 13.0 Å². The van der Waals surface area contributed by atoms with Crippen molar-refractivity contribution in [2.45, 2.75) is 33.1 Å². The monoisotopic (exact) mass is 381 g/mol. The first-order chi connectivity index (χ1) is 13.1. The molecular weight excluding hydrogens is 357 g/mol. The highest BCUT2D eigenvalue weighted by molar-refractivity contribution is 5.96. The molecule has 0 saturated carbocycles. The second-order valence-corrected chi connectivity index (χ2v) is 7.93. The molecule has 0 atom stereocenters. The highest BCUT2D eigenvalue weighted by atomic mass is 19.1. The van der Waals surface area contributed by atoms with E-state index in [1.165, 1.54) is 12.1 Å². The molecule has 2 aromatic carbocycles. The van der Waals surface area contributed by atoms with Gasteiger partial charge in [-0.05, 0) is 36.8 Å². The van der Waals surface area contributed by atoms with Crippen LogP contribution in [0.1, 0.15) is 42.4 Å². The van der Waals surface area contributed by atoms with Crippen LogP contribution in [0.15, 0.2) is 42.5 Å². The number of benzene rings is 2. The Morgan fingerprint density at radius 3 is 2.36 bits per heavy atom. The summed E-state index contributed by atoms with van der Waals surface area (Å²) in [6, 6.07) is 11.5. The molecule has 3 rings (SSSR count). The summed E-state index contributed by atoms with van der Waals surface area (Å²) in [5.41, 5.74) is 3.74. The van der Waals surface area contributed by atoms with E-state index >= 15 is 0 Å². The number of aromatic nitrogens is 2. The largest absolute Gasteiger partial charge is 0.478 e. The predicted molar refractivity (Wildman–Crippen MR) is 109 cm³/mol. The summed E-state index contributed by atoms with van der Waals surface area (Å²) in [4.78, 5) is 11.7. The topological polar surface area (TPSA) is 67.2 Å². The molecular formula is C22H24FN3O2. The molecule has 1 heterocycles. The van der Waals surface area contributed by atoms with Crippen molar-refractivity contribution in [3.63, 3.8) is 0 Å². The summed E-state index contributed by atoms with van der Waals surface area (Å²) in [6.45, 7) is 8.02. The molecule has 0 bridgehead atoms. The van der Waals surface area contributed by atoms with Crippen molar-refractivity contribution in [3.05, 3.63) is 65.1 Å². The summed E-state index contributed by atoms with van der Waals surface area (Å²) in [7, 11) is 1.80. The van der Waals surface area contributed by atoms with Gasteiger partial charge in [0.25, 0.3) is 0 Å². The molecule has 0 aliphatic rings. The molecule has 0 aliphatic heterocycles. The zero-order chi connectivity index (χ0) is 20.6. The van der Waals surface area contributed by atoms with Gasteiger partial charge in [0.2, 0.25) is 0 Å². The fraction of sp³-hybridized carbons (Fsp3) is 0.273. The number of aromatic carboxylic acids is 1. The number of rotatable bonds is 4. The van der Waals surface area contributed by atoms with Crippen LogP contribution < -0.4 is 5.32 Å². The van der Waals surface area contributed by atoms with E-state index < -0.39 is 5.97 Å². The third kappa shape index (κ3) is 3.76. The fourth-order valence-corrected chi connectivity index (χ4v) is 3.15. The van der Waals surface area contributed by atoms with Crippen LogP contribution in [-0.2, 0) is 12.5 Å². The summed E-state index contributed by atoms with van der Waals surface area (Å²) < 4.78 is 15.2. The first-order valence-electron chi connectivity index (χ1n) is 9.02. The maximum atomic E-state index is 13.5. The summed E-state index contributed by atoms with van der Waals surface area (Å²) in [6.07, 6.45) is 0. The molecule has 3 aromatic rings. The lowest BCUT2D eigenvalue weighted by Crippen LogP contribution is -2.13. The third-order valence-corrected chi connectivity index (χ3v) is 4.55. The molecule has 28 heavy (non-hydrogen) atoms. The van der Waals surface area contributed by atoms with Gasteiger partial charge in [-0.25, -0.2) is 9.18 Å². The standard InChI is InChI=1S/C22H24FN3O2/c1-13-6-11-17(16(12-13)21(27)28)24-20-18(14-7-9-15(23)10-8-14)19(22(2,3)4)25-26(20)5/h6-12,24H,1-5H3,(H,27,28). The molecule has 0 radical (unpaired) electrons. The van der Waals surface area contributed by atoms with Crippen molar-refractivity contribution in [1.29, 1.82) is 0 Å². The molecule has 146 valence electrons. The van der Waals surface area contributed by atoms with Gasteiger partial charge < -0.3 is 10.4 Å². The molecule has 0 unspecified atom stereocenters. The number of hydrogen-bond donors (Lipinski definition) is 2. The van der Waals surface area contributed by atoms with Crippen molar-refractivity contribution in [2.24, 2.45) is 7.05 Å². The predicted octanol–water partition coefficient (Wildman–Crippen LogP) is 5.27. The van der Waals surface area contributed by atoms with E-state index in [1.54, 1.807) is 36.0 Å². The lowest BCUT2D eigenvalue weighted by Gasteiger charge is -2.18. The highest BCUT2D eigenvalue weighted by Crippen LogP contribution is 2.39. The van der Waals surface area contributed by atoms with E-state index in [9.17, 15) is 14.3 Å². The Morgan fingerprint density at radius 2 is 1.79 bits per heavy atom. The Balaban J connectivity index is 2.21. The Morgan fingerprint density at radius 1 is 1.14 bits per heavy atom. The van der Waals surface area contributed by atoms with Gasteiger partial charge in [-0.2, -0.15) is 5.10 Å². The maximum absolute atomic E-state index is 13.5. The van der Waals surface area contributed by atoms with Crippen molar-refractivity contribution >= 4 is 17.5 Å². The Bertz CT molecular complexity index is 1030. The molecule has 2 N–H and O–H groups in total. The van der Waals surface area contributed by atoms with E-state index in [0.29, 0.717) is 11.5 Å². The van der Waals surface area contributed by atoms with Gasteiger partial charge in [0.05, 0.1) is 16.9 Å². The summed E-state index contributed by atoms with van der Waals surface area (Å²) in [5.74, 6) is -0.665. The lowest BCUT2D eigenvalue weighted by atomic mass is 9.87. The number of halogens is 1. The van der Waals surface area contributed by atoms with Crippen LogP contribution in [0.2, 0.25) is 0 Å². The average molecular weight is 381 g/mol. The second-order valence-electron chi connectivity index (χ2n) is 7.93. The Labute approximate surface area is 163 Å². The number of carbonyl (C=O) groups is 1.